The van der Waals surface area contributed by atoms with Crippen LogP contribution in [0, 0.1) is 11.8 Å². The van der Waals surface area contributed by atoms with Crippen LogP contribution in [-0.4, -0.2) is 103 Å². The van der Waals surface area contributed by atoms with Gasteiger partial charge >= 0.3 is 12.2 Å². The maximum absolute atomic E-state index is 14.5. The predicted molar refractivity (Wildman–Crippen MR) is 260 cm³/mol. The summed E-state index contributed by atoms with van der Waals surface area (Å²) in [6.45, 7) is 7.94. The van der Waals surface area contributed by atoms with Gasteiger partial charge in [-0.05, 0) is 88.4 Å². The number of likely N-dealkylation sites (tertiary alicyclic amines) is 1. The fourth-order valence-electron chi connectivity index (χ4n) is 9.91. The number of carbonyl (C=O) groups excluding carboxylic acids is 4. The molecule has 0 radical (unpaired) electrons. The lowest BCUT2D eigenvalue weighted by atomic mass is 9.91. The second-order valence-corrected chi connectivity index (χ2v) is 18.1. The van der Waals surface area contributed by atoms with Crippen LogP contribution in [-0.2, 0) is 37.0 Å². The van der Waals surface area contributed by atoms with Crippen LogP contribution in [0.4, 0.5) is 21.0 Å². The van der Waals surface area contributed by atoms with Crippen LogP contribution in [0.15, 0.2) is 91.0 Å². The van der Waals surface area contributed by atoms with Crippen LogP contribution >= 0.6 is 0 Å². The van der Waals surface area contributed by atoms with Crippen LogP contribution in [0.5, 0.6) is 5.75 Å². The van der Waals surface area contributed by atoms with E-state index in [1.165, 1.54) is 14.2 Å². The molecule has 9 rings (SSSR count). The molecule has 354 valence electrons. The minimum Gasteiger partial charge on any atom is -0.488 e. The van der Waals surface area contributed by atoms with E-state index >= 15 is 0 Å². The number of hydrogen-bond acceptors (Lipinski definition) is 11. The van der Waals surface area contributed by atoms with Crippen molar-refractivity contribution in [3.8, 4) is 28.0 Å². The second kappa shape index (κ2) is 19.5. The SMILES string of the molecule is CCCN(Cc1nc2ccc(-c3ccc4c(c3)COc3cc5c6c(ccc5cc3-4)NC([C@@H]3C[C@H](COC)CN3C(=O)[C@H](NC(=O)OC)c3ccccc3)N6)cc2[nH]1)C(=O)[C@@H](NC(=O)OC)C(C)C. The van der Waals surface area contributed by atoms with Gasteiger partial charge < -0.3 is 55.0 Å². The van der Waals surface area contributed by atoms with E-state index in [-0.39, 0.29) is 42.4 Å². The van der Waals surface area contributed by atoms with Crippen LogP contribution in [0.1, 0.15) is 56.6 Å². The number of aromatic nitrogens is 2. The number of nitrogens with zero attached hydrogens (tertiary/aromatic N) is 3. The molecule has 0 aliphatic carbocycles. The van der Waals surface area contributed by atoms with E-state index in [1.54, 1.807) is 12.0 Å². The minimum absolute atomic E-state index is 0.100. The van der Waals surface area contributed by atoms with Crippen molar-refractivity contribution in [2.75, 3.05) is 51.7 Å². The molecule has 0 spiro atoms. The number of imidazole rings is 1. The van der Waals surface area contributed by atoms with Gasteiger partial charge in [0.25, 0.3) is 0 Å². The maximum atomic E-state index is 14.5. The third-order valence-corrected chi connectivity index (χ3v) is 13.2. The maximum Gasteiger partial charge on any atom is 0.407 e. The van der Waals surface area contributed by atoms with Gasteiger partial charge in [-0.2, -0.15) is 0 Å². The number of ether oxygens (including phenoxy) is 4. The molecule has 16 heteroatoms. The molecule has 6 aromatic rings. The van der Waals surface area contributed by atoms with Crippen LogP contribution < -0.4 is 26.0 Å². The molecule has 4 amide bonds. The summed E-state index contributed by atoms with van der Waals surface area (Å²) in [7, 11) is 4.24. The molecule has 68 heavy (non-hydrogen) atoms. The number of alkyl carbamates (subject to hydrolysis) is 2. The standard InChI is InChI=1S/C52H58N8O8/c1-7-19-59(49(61)45(29(2)3)57-51(63)66-5)26-44-53-39-17-14-33(23-41(39)54-44)32-13-16-36-35(21-32)28-68-43-24-37-34(22-38(36)43)15-18-40-47(37)56-48(55-40)42-20-30(27-65-4)25-60(42)50(62)46(58-52(64)67-6)31-11-9-8-10-12-31/h8-18,21-24,29-30,42,45-46,48,55-56H,7,19-20,25-28H2,1-6H3,(H,53,54)(H,57,63)(H,58,64)/t30-,42-,45-,46+,48?/m0/s1. The van der Waals surface area contributed by atoms with Crippen LogP contribution in [0.2, 0.25) is 0 Å². The van der Waals surface area contributed by atoms with Gasteiger partial charge in [-0.3, -0.25) is 9.59 Å². The number of hydrogen-bond donors (Lipinski definition) is 5. The highest BCUT2D eigenvalue weighted by Crippen LogP contribution is 2.46. The highest BCUT2D eigenvalue weighted by Gasteiger charge is 2.44. The van der Waals surface area contributed by atoms with E-state index in [1.807, 2.05) is 62.1 Å². The molecular weight excluding hydrogens is 865 g/mol. The zero-order valence-electron chi connectivity index (χ0n) is 39.2. The summed E-state index contributed by atoms with van der Waals surface area (Å²) in [4.78, 5) is 64.5. The van der Waals surface area contributed by atoms with Gasteiger partial charge in [0.05, 0.1) is 55.8 Å². The highest BCUT2D eigenvalue weighted by molar-refractivity contribution is 6.05. The van der Waals surface area contributed by atoms with E-state index in [2.05, 4.69) is 80.8 Å². The van der Waals surface area contributed by atoms with Gasteiger partial charge in [0.15, 0.2) is 0 Å². The quantitative estimate of drug-likeness (QED) is 0.0709. The lowest BCUT2D eigenvalue weighted by Gasteiger charge is -2.32. The summed E-state index contributed by atoms with van der Waals surface area (Å²) in [6.07, 6.45) is -0.187. The zero-order chi connectivity index (χ0) is 47.6. The summed E-state index contributed by atoms with van der Waals surface area (Å²) >= 11 is 0. The fourth-order valence-corrected chi connectivity index (χ4v) is 9.91. The van der Waals surface area contributed by atoms with E-state index in [0.717, 1.165) is 73.2 Å². The first-order chi connectivity index (χ1) is 33.0. The molecule has 16 nitrogen and oxygen atoms in total. The Balaban J connectivity index is 0.938. The van der Waals surface area contributed by atoms with Crippen molar-refractivity contribution in [3.05, 3.63) is 108 Å². The van der Waals surface area contributed by atoms with Gasteiger partial charge in [-0.1, -0.05) is 75.4 Å². The topological polar surface area (TPSA) is 188 Å². The van der Waals surface area contributed by atoms with Crippen molar-refractivity contribution < 1.29 is 38.1 Å². The Morgan fingerprint density at radius 1 is 0.882 bits per heavy atom. The van der Waals surface area contributed by atoms with Crippen molar-refractivity contribution in [1.82, 2.24) is 30.4 Å². The number of anilines is 2. The molecule has 3 aliphatic rings. The number of nitrogens with one attached hydrogen (secondary N) is 5. The summed E-state index contributed by atoms with van der Waals surface area (Å²) in [5.41, 5.74) is 9.41. The Hall–Kier alpha value is -7.33. The number of aromatic amines is 1. The molecular formula is C52H58N8O8. The molecule has 3 aliphatic heterocycles. The number of amides is 4. The lowest BCUT2D eigenvalue weighted by Crippen LogP contribution is -2.51. The summed E-state index contributed by atoms with van der Waals surface area (Å²) in [6, 6.07) is 28.4. The Kier molecular flexibility index (Phi) is 13.1. The van der Waals surface area contributed by atoms with Crippen molar-refractivity contribution in [2.45, 2.75) is 71.1 Å². The Bertz CT molecular complexity index is 2870. The van der Waals surface area contributed by atoms with E-state index in [0.29, 0.717) is 44.1 Å². The van der Waals surface area contributed by atoms with Crippen molar-refractivity contribution >= 4 is 57.2 Å². The largest absolute Gasteiger partial charge is 0.488 e. The van der Waals surface area contributed by atoms with E-state index in [9.17, 15) is 19.2 Å². The summed E-state index contributed by atoms with van der Waals surface area (Å²) < 4.78 is 21.8. The average Bonchev–Trinajstić information content (AvgIpc) is 4.10. The number of benzene rings is 5. The highest BCUT2D eigenvalue weighted by atomic mass is 16.5. The average molecular weight is 923 g/mol. The number of carbonyl (C=O) groups is 4. The number of H-pyrrole nitrogens is 1. The van der Waals surface area contributed by atoms with E-state index < -0.39 is 24.3 Å². The van der Waals surface area contributed by atoms with Gasteiger partial charge in [0.1, 0.15) is 36.4 Å². The molecule has 5 N–H and O–H groups in total. The molecule has 5 aromatic carbocycles. The molecule has 1 saturated heterocycles. The molecule has 1 aromatic heterocycles. The number of fused-ring (bicyclic) bond motifs is 7. The Labute approximate surface area is 395 Å². The zero-order valence-corrected chi connectivity index (χ0v) is 39.2. The predicted octanol–water partition coefficient (Wildman–Crippen LogP) is 8.19. The third-order valence-electron chi connectivity index (χ3n) is 13.2. The van der Waals surface area contributed by atoms with Crippen molar-refractivity contribution in [1.29, 1.82) is 0 Å². The molecule has 0 bridgehead atoms. The number of methoxy groups -OCH3 is 3. The van der Waals surface area contributed by atoms with Crippen LogP contribution in [0.3, 0.4) is 0 Å². The lowest BCUT2D eigenvalue weighted by molar-refractivity contribution is -0.135. The smallest absolute Gasteiger partial charge is 0.407 e. The van der Waals surface area contributed by atoms with Gasteiger partial charge in [-0.25, -0.2) is 14.6 Å². The molecule has 0 saturated carbocycles. The first-order valence-electron chi connectivity index (χ1n) is 23.2. The molecule has 5 atom stereocenters. The Morgan fingerprint density at radius 3 is 2.40 bits per heavy atom. The third kappa shape index (κ3) is 9.07. The summed E-state index contributed by atoms with van der Waals surface area (Å²) in [5.74, 6) is 1.00. The van der Waals surface area contributed by atoms with Crippen molar-refractivity contribution in [3.63, 3.8) is 0 Å². The van der Waals surface area contributed by atoms with Gasteiger partial charge in [0.2, 0.25) is 11.8 Å². The normalized spacial score (nSPS) is 17.8. The fraction of sp³-hybridized carbons (Fsp3) is 0.365. The summed E-state index contributed by atoms with van der Waals surface area (Å²) in [5, 5.41) is 14.9. The first kappa shape index (κ1) is 45.8. The van der Waals surface area contributed by atoms with E-state index in [4.69, 9.17) is 23.9 Å². The van der Waals surface area contributed by atoms with Crippen molar-refractivity contribution in [2.24, 2.45) is 11.8 Å². The molecule has 1 unspecified atom stereocenters. The molecule has 4 heterocycles. The van der Waals surface area contributed by atoms with Crippen LogP contribution in [0.25, 0.3) is 44.1 Å². The number of rotatable bonds is 14. The van der Waals surface area contributed by atoms with Gasteiger partial charge in [0, 0.05) is 37.1 Å². The monoisotopic (exact) mass is 922 g/mol. The first-order valence-corrected chi connectivity index (χ1v) is 23.2. The van der Waals surface area contributed by atoms with Gasteiger partial charge in [-0.15, -0.1) is 0 Å². The minimum atomic E-state index is -0.927. The second-order valence-electron chi connectivity index (χ2n) is 18.1. The Morgan fingerprint density at radius 2 is 1.65 bits per heavy atom. The molecule has 1 fully saturated rings.